The van der Waals surface area contributed by atoms with Gasteiger partial charge >= 0.3 is 5.97 Å². The van der Waals surface area contributed by atoms with Gasteiger partial charge in [0.25, 0.3) is 5.89 Å². The minimum absolute atomic E-state index is 0.0687. The van der Waals surface area contributed by atoms with Crippen molar-refractivity contribution in [1.29, 1.82) is 0 Å². The number of nitrogens with zero attached hydrogens (tertiary/aromatic N) is 2. The number of hydrogen-bond donors (Lipinski definition) is 0. The average Bonchev–Trinajstić information content (AvgIpc) is 3.11. The summed E-state index contributed by atoms with van der Waals surface area (Å²) in [7, 11) is 0. The summed E-state index contributed by atoms with van der Waals surface area (Å²) in [6.45, 7) is 3.77. The van der Waals surface area contributed by atoms with Gasteiger partial charge in [0, 0.05) is 20.3 Å². The SMILES string of the molecule is Cc1cc(C(=O)OCc2nc(-c3cccc(Cl)c3)no2)c(C)s1. The lowest BCUT2D eigenvalue weighted by atomic mass is 10.2. The van der Waals surface area contributed by atoms with Crippen molar-refractivity contribution in [3.8, 4) is 11.4 Å². The summed E-state index contributed by atoms with van der Waals surface area (Å²) in [5.41, 5.74) is 1.31. The molecule has 1 aromatic carbocycles. The third-order valence-corrected chi connectivity index (χ3v) is 4.34. The van der Waals surface area contributed by atoms with Gasteiger partial charge in [-0.2, -0.15) is 4.98 Å². The third kappa shape index (κ3) is 3.60. The first kappa shape index (κ1) is 15.7. The number of ether oxygens (including phenoxy) is 1. The Balaban J connectivity index is 1.68. The zero-order valence-corrected chi connectivity index (χ0v) is 14.1. The summed E-state index contributed by atoms with van der Waals surface area (Å²) < 4.78 is 10.3. The van der Waals surface area contributed by atoms with E-state index in [1.54, 1.807) is 29.5 Å². The summed E-state index contributed by atoms with van der Waals surface area (Å²) in [5, 5.41) is 4.45. The van der Waals surface area contributed by atoms with E-state index in [4.69, 9.17) is 20.9 Å². The van der Waals surface area contributed by atoms with Crippen LogP contribution in [0.15, 0.2) is 34.9 Å². The fraction of sp³-hybridized carbons (Fsp3) is 0.188. The molecule has 0 spiro atoms. The lowest BCUT2D eigenvalue weighted by Gasteiger charge is -2.00. The van der Waals surface area contributed by atoms with E-state index < -0.39 is 5.97 Å². The smallest absolute Gasteiger partial charge is 0.339 e. The van der Waals surface area contributed by atoms with Gasteiger partial charge in [-0.1, -0.05) is 28.9 Å². The van der Waals surface area contributed by atoms with Gasteiger partial charge in [0.1, 0.15) is 0 Å². The van der Waals surface area contributed by atoms with E-state index >= 15 is 0 Å². The number of aromatic nitrogens is 2. The second-order valence-electron chi connectivity index (χ2n) is 4.93. The average molecular weight is 349 g/mol. The molecule has 0 aliphatic carbocycles. The molecule has 0 N–H and O–H groups in total. The molecule has 3 aromatic rings. The first-order valence-corrected chi connectivity index (χ1v) is 8.05. The van der Waals surface area contributed by atoms with Crippen molar-refractivity contribution >= 4 is 28.9 Å². The molecule has 2 aromatic heterocycles. The maximum absolute atomic E-state index is 12.1. The lowest BCUT2D eigenvalue weighted by molar-refractivity contribution is 0.0429. The highest BCUT2D eigenvalue weighted by molar-refractivity contribution is 7.12. The van der Waals surface area contributed by atoms with Gasteiger partial charge in [-0.3, -0.25) is 0 Å². The van der Waals surface area contributed by atoms with Gasteiger partial charge in [-0.15, -0.1) is 11.3 Å². The molecule has 0 radical (unpaired) electrons. The van der Waals surface area contributed by atoms with Crippen LogP contribution in [0.25, 0.3) is 11.4 Å². The molecule has 0 aliphatic heterocycles. The number of halogens is 1. The van der Waals surface area contributed by atoms with Gasteiger partial charge in [-0.05, 0) is 32.0 Å². The quantitative estimate of drug-likeness (QED) is 0.653. The number of carbonyl (C=O) groups excluding carboxylic acids is 1. The summed E-state index contributed by atoms with van der Waals surface area (Å²) >= 11 is 7.49. The molecule has 2 heterocycles. The van der Waals surface area contributed by atoms with E-state index in [9.17, 15) is 4.79 Å². The fourth-order valence-electron chi connectivity index (χ4n) is 2.10. The molecule has 7 heteroatoms. The fourth-order valence-corrected chi connectivity index (χ4v) is 3.20. The van der Waals surface area contributed by atoms with Crippen molar-refractivity contribution in [2.24, 2.45) is 0 Å². The Hall–Kier alpha value is -2.18. The number of carbonyl (C=O) groups is 1. The first-order valence-electron chi connectivity index (χ1n) is 6.85. The Morgan fingerprint density at radius 2 is 2.17 bits per heavy atom. The topological polar surface area (TPSA) is 65.2 Å². The predicted molar refractivity (Wildman–Crippen MR) is 87.7 cm³/mol. The monoisotopic (exact) mass is 348 g/mol. The molecular formula is C16H13ClN2O3S. The Labute approximate surface area is 141 Å². The molecule has 3 rings (SSSR count). The zero-order valence-electron chi connectivity index (χ0n) is 12.5. The summed E-state index contributed by atoms with van der Waals surface area (Å²) in [5.74, 6) is 0.244. The van der Waals surface area contributed by atoms with Gasteiger partial charge in [0.2, 0.25) is 5.82 Å². The van der Waals surface area contributed by atoms with Gasteiger partial charge < -0.3 is 9.26 Å². The van der Waals surface area contributed by atoms with Crippen LogP contribution in [0.5, 0.6) is 0 Å². The molecule has 5 nitrogen and oxygen atoms in total. The minimum atomic E-state index is -0.394. The third-order valence-electron chi connectivity index (χ3n) is 3.14. The highest BCUT2D eigenvalue weighted by atomic mass is 35.5. The van der Waals surface area contributed by atoms with Crippen molar-refractivity contribution in [2.75, 3.05) is 0 Å². The molecule has 0 bridgehead atoms. The normalized spacial score (nSPS) is 10.7. The van der Waals surface area contributed by atoms with Crippen LogP contribution in [-0.4, -0.2) is 16.1 Å². The van der Waals surface area contributed by atoms with E-state index in [-0.39, 0.29) is 12.5 Å². The van der Waals surface area contributed by atoms with Gasteiger partial charge in [0.05, 0.1) is 5.56 Å². The van der Waals surface area contributed by atoms with Crippen molar-refractivity contribution in [1.82, 2.24) is 10.1 Å². The van der Waals surface area contributed by atoms with E-state index in [1.165, 1.54) is 0 Å². The first-order chi connectivity index (χ1) is 11.0. The molecule has 0 atom stereocenters. The Morgan fingerprint density at radius 3 is 2.87 bits per heavy atom. The standard InChI is InChI=1S/C16H13ClN2O3S/c1-9-6-13(10(2)23-9)16(20)21-8-14-18-15(19-22-14)11-4-3-5-12(17)7-11/h3-7H,8H2,1-2H3. The van der Waals surface area contributed by atoms with E-state index in [1.807, 2.05) is 26.0 Å². The summed E-state index contributed by atoms with van der Waals surface area (Å²) in [6, 6.07) is 8.94. The van der Waals surface area contributed by atoms with Crippen LogP contribution in [0.2, 0.25) is 5.02 Å². The van der Waals surface area contributed by atoms with Crippen molar-refractivity contribution in [3.05, 3.63) is 56.6 Å². The molecule has 0 aliphatic rings. The second-order valence-corrected chi connectivity index (χ2v) is 6.82. The van der Waals surface area contributed by atoms with Crippen molar-refractivity contribution in [2.45, 2.75) is 20.5 Å². The van der Waals surface area contributed by atoms with Crippen LogP contribution in [-0.2, 0) is 11.3 Å². The summed E-state index contributed by atoms with van der Waals surface area (Å²) in [4.78, 5) is 18.2. The van der Waals surface area contributed by atoms with Gasteiger partial charge in [-0.25, -0.2) is 4.79 Å². The Bertz CT molecular complexity index is 857. The van der Waals surface area contributed by atoms with Crippen molar-refractivity contribution < 1.29 is 14.1 Å². The molecule has 23 heavy (non-hydrogen) atoms. The number of rotatable bonds is 4. The number of esters is 1. The zero-order chi connectivity index (χ0) is 16.4. The molecular weight excluding hydrogens is 336 g/mol. The molecule has 0 saturated carbocycles. The minimum Gasteiger partial charge on any atom is -0.452 e. The number of thiophene rings is 1. The predicted octanol–water partition coefficient (Wildman–Crippen LogP) is 4.43. The van der Waals surface area contributed by atoms with E-state index in [0.717, 1.165) is 15.3 Å². The highest BCUT2D eigenvalue weighted by Crippen LogP contribution is 2.22. The molecule has 0 saturated heterocycles. The second kappa shape index (κ2) is 6.52. The van der Waals surface area contributed by atoms with Crippen molar-refractivity contribution in [3.63, 3.8) is 0 Å². The van der Waals surface area contributed by atoms with Crippen LogP contribution >= 0.6 is 22.9 Å². The number of hydrogen-bond acceptors (Lipinski definition) is 6. The maximum atomic E-state index is 12.1. The highest BCUT2D eigenvalue weighted by Gasteiger charge is 2.16. The van der Waals surface area contributed by atoms with E-state index in [0.29, 0.717) is 16.4 Å². The molecule has 0 fully saturated rings. The van der Waals surface area contributed by atoms with Crippen LogP contribution in [0, 0.1) is 13.8 Å². The van der Waals surface area contributed by atoms with Crippen LogP contribution in [0.1, 0.15) is 26.0 Å². The Kier molecular flexibility index (Phi) is 4.45. The molecule has 118 valence electrons. The molecule has 0 unspecified atom stereocenters. The Morgan fingerprint density at radius 1 is 1.35 bits per heavy atom. The summed E-state index contributed by atoms with van der Waals surface area (Å²) in [6.07, 6.45) is 0. The largest absolute Gasteiger partial charge is 0.452 e. The molecule has 0 amide bonds. The number of aryl methyl sites for hydroxylation is 2. The number of benzene rings is 1. The maximum Gasteiger partial charge on any atom is 0.339 e. The van der Waals surface area contributed by atoms with Crippen LogP contribution in [0.4, 0.5) is 0 Å². The van der Waals surface area contributed by atoms with Gasteiger partial charge in [0.15, 0.2) is 6.61 Å². The van der Waals surface area contributed by atoms with Crippen LogP contribution in [0.3, 0.4) is 0 Å². The van der Waals surface area contributed by atoms with E-state index in [2.05, 4.69) is 10.1 Å². The lowest BCUT2D eigenvalue weighted by Crippen LogP contribution is -2.05. The van der Waals surface area contributed by atoms with Crippen LogP contribution < -0.4 is 0 Å².